The van der Waals surface area contributed by atoms with Crippen LogP contribution in [0.2, 0.25) is 0 Å². The van der Waals surface area contributed by atoms with Crippen LogP contribution in [-0.4, -0.2) is 4.98 Å². The summed E-state index contributed by atoms with van der Waals surface area (Å²) in [6.45, 7) is 0. The van der Waals surface area contributed by atoms with Crippen LogP contribution in [-0.2, 0) is 6.42 Å². The van der Waals surface area contributed by atoms with Crippen molar-refractivity contribution in [3.8, 4) is 22.3 Å². The zero-order valence-corrected chi connectivity index (χ0v) is 10.5. The number of benzene rings is 2. The Morgan fingerprint density at radius 1 is 0.684 bits per heavy atom. The van der Waals surface area contributed by atoms with Crippen molar-refractivity contribution in [3.05, 3.63) is 78.1 Å². The number of nitrogens with zero attached hydrogens (tertiary/aromatic N) is 1. The maximum absolute atomic E-state index is 4.11. The second-order valence-electron chi connectivity index (χ2n) is 4.91. The van der Waals surface area contributed by atoms with E-state index in [0.29, 0.717) is 0 Å². The van der Waals surface area contributed by atoms with Gasteiger partial charge in [-0.1, -0.05) is 42.5 Å². The van der Waals surface area contributed by atoms with Crippen molar-refractivity contribution < 1.29 is 0 Å². The third kappa shape index (κ3) is 1.59. The molecule has 0 saturated heterocycles. The molecule has 0 N–H and O–H groups in total. The highest BCUT2D eigenvalue weighted by Gasteiger charge is 2.20. The summed E-state index contributed by atoms with van der Waals surface area (Å²) in [5, 5.41) is 0. The van der Waals surface area contributed by atoms with E-state index in [-0.39, 0.29) is 0 Å². The average molecular weight is 243 g/mol. The molecule has 4 rings (SSSR count). The van der Waals surface area contributed by atoms with Gasteiger partial charge in [0.25, 0.3) is 0 Å². The number of hydrogen-bond acceptors (Lipinski definition) is 1. The molecule has 0 amide bonds. The van der Waals surface area contributed by atoms with Crippen LogP contribution >= 0.6 is 0 Å². The lowest BCUT2D eigenvalue weighted by Gasteiger charge is -2.09. The molecule has 3 aromatic rings. The second-order valence-corrected chi connectivity index (χ2v) is 4.91. The van der Waals surface area contributed by atoms with E-state index in [2.05, 4.69) is 59.6 Å². The van der Waals surface area contributed by atoms with Crippen LogP contribution in [0.5, 0.6) is 0 Å². The molecule has 1 aromatic heterocycles. The summed E-state index contributed by atoms with van der Waals surface area (Å²) in [6.07, 6.45) is 4.76. The summed E-state index contributed by atoms with van der Waals surface area (Å²) < 4.78 is 0. The predicted molar refractivity (Wildman–Crippen MR) is 77.9 cm³/mol. The van der Waals surface area contributed by atoms with Gasteiger partial charge in [0.15, 0.2) is 0 Å². The Hall–Kier alpha value is -2.41. The molecule has 0 bridgehead atoms. The van der Waals surface area contributed by atoms with Crippen LogP contribution in [0.3, 0.4) is 0 Å². The lowest BCUT2D eigenvalue weighted by molar-refractivity contribution is 1.26. The largest absolute Gasteiger partial charge is 0.265 e. The predicted octanol–water partition coefficient (Wildman–Crippen LogP) is 4.32. The van der Waals surface area contributed by atoms with Crippen molar-refractivity contribution in [2.45, 2.75) is 6.42 Å². The summed E-state index contributed by atoms with van der Waals surface area (Å²) in [4.78, 5) is 4.11. The van der Waals surface area contributed by atoms with E-state index in [1.54, 1.807) is 0 Å². The van der Waals surface area contributed by atoms with Crippen LogP contribution in [0.4, 0.5) is 0 Å². The molecule has 1 heterocycles. The zero-order valence-electron chi connectivity index (χ0n) is 10.5. The quantitative estimate of drug-likeness (QED) is 0.485. The van der Waals surface area contributed by atoms with Crippen LogP contribution in [0.1, 0.15) is 11.1 Å². The maximum Gasteiger partial charge on any atom is 0.0273 e. The molecular weight excluding hydrogens is 230 g/mol. The Balaban J connectivity index is 2.01. The minimum Gasteiger partial charge on any atom is -0.265 e. The fourth-order valence-corrected chi connectivity index (χ4v) is 2.96. The van der Waals surface area contributed by atoms with Gasteiger partial charge in [-0.05, 0) is 51.9 Å². The normalized spacial score (nSPS) is 12.0. The summed E-state index contributed by atoms with van der Waals surface area (Å²) in [6, 6.07) is 19.5. The molecule has 0 fully saturated rings. The van der Waals surface area contributed by atoms with E-state index in [1.165, 1.54) is 33.4 Å². The van der Waals surface area contributed by atoms with E-state index in [4.69, 9.17) is 0 Å². The number of rotatable bonds is 1. The lowest BCUT2D eigenvalue weighted by Crippen LogP contribution is -1.85. The lowest BCUT2D eigenvalue weighted by atomic mass is 9.95. The van der Waals surface area contributed by atoms with Crippen molar-refractivity contribution in [2.75, 3.05) is 0 Å². The zero-order chi connectivity index (χ0) is 12.7. The molecule has 2 aromatic carbocycles. The van der Waals surface area contributed by atoms with E-state index in [9.17, 15) is 0 Å². The van der Waals surface area contributed by atoms with Crippen molar-refractivity contribution in [3.63, 3.8) is 0 Å². The van der Waals surface area contributed by atoms with Crippen molar-refractivity contribution in [1.29, 1.82) is 0 Å². The molecule has 0 aliphatic heterocycles. The van der Waals surface area contributed by atoms with E-state index in [1.807, 2.05) is 12.4 Å². The third-order valence-corrected chi connectivity index (χ3v) is 3.81. The standard InChI is InChI=1S/C18H13N/c1-2-6-17-14(4-1)12-15-5-3-7-16(18(15)17)13-8-10-19-11-9-13/h1-11H,12H2. The van der Waals surface area contributed by atoms with Gasteiger partial charge in [-0.25, -0.2) is 0 Å². The van der Waals surface area contributed by atoms with E-state index < -0.39 is 0 Å². The van der Waals surface area contributed by atoms with Crippen molar-refractivity contribution >= 4 is 0 Å². The molecule has 1 aliphatic carbocycles. The molecule has 19 heavy (non-hydrogen) atoms. The first kappa shape index (κ1) is 10.5. The molecule has 0 atom stereocenters. The molecule has 1 heteroatoms. The van der Waals surface area contributed by atoms with Gasteiger partial charge in [0, 0.05) is 12.4 Å². The smallest absolute Gasteiger partial charge is 0.0273 e. The molecule has 0 radical (unpaired) electrons. The minimum atomic E-state index is 1.05. The number of fused-ring (bicyclic) bond motifs is 3. The molecule has 0 unspecified atom stereocenters. The molecule has 0 spiro atoms. The summed E-state index contributed by atoms with van der Waals surface area (Å²) in [5.74, 6) is 0. The summed E-state index contributed by atoms with van der Waals surface area (Å²) >= 11 is 0. The van der Waals surface area contributed by atoms with Crippen LogP contribution in [0, 0.1) is 0 Å². The number of hydrogen-bond donors (Lipinski definition) is 0. The first-order valence-corrected chi connectivity index (χ1v) is 6.54. The van der Waals surface area contributed by atoms with E-state index in [0.717, 1.165) is 6.42 Å². The Labute approximate surface area is 112 Å². The van der Waals surface area contributed by atoms with Crippen LogP contribution in [0.25, 0.3) is 22.3 Å². The van der Waals surface area contributed by atoms with Crippen molar-refractivity contribution in [1.82, 2.24) is 4.98 Å². The maximum atomic E-state index is 4.11. The first-order chi connectivity index (χ1) is 9.43. The molecule has 1 nitrogen and oxygen atoms in total. The molecular formula is C18H13N. The van der Waals surface area contributed by atoms with E-state index >= 15 is 0 Å². The topological polar surface area (TPSA) is 12.9 Å². The molecule has 90 valence electrons. The van der Waals surface area contributed by atoms with Crippen LogP contribution < -0.4 is 0 Å². The summed E-state index contributed by atoms with van der Waals surface area (Å²) in [7, 11) is 0. The first-order valence-electron chi connectivity index (χ1n) is 6.54. The number of pyridine rings is 1. The SMILES string of the molecule is c1ccc2c(c1)Cc1cccc(-c3ccncc3)c1-2. The molecule has 0 saturated carbocycles. The van der Waals surface area contributed by atoms with Crippen molar-refractivity contribution in [2.24, 2.45) is 0 Å². The molecule has 1 aliphatic rings. The second kappa shape index (κ2) is 4.06. The van der Waals surface area contributed by atoms with Gasteiger partial charge >= 0.3 is 0 Å². The summed E-state index contributed by atoms with van der Waals surface area (Å²) in [5.41, 5.74) is 8.18. The highest BCUT2D eigenvalue weighted by molar-refractivity contribution is 5.90. The van der Waals surface area contributed by atoms with Gasteiger partial charge < -0.3 is 0 Å². The van der Waals surface area contributed by atoms with Gasteiger partial charge in [-0.3, -0.25) is 4.98 Å². The Morgan fingerprint density at radius 2 is 1.42 bits per heavy atom. The van der Waals surface area contributed by atoms with Gasteiger partial charge in [0.2, 0.25) is 0 Å². The monoisotopic (exact) mass is 243 g/mol. The van der Waals surface area contributed by atoms with Gasteiger partial charge in [-0.15, -0.1) is 0 Å². The highest BCUT2D eigenvalue weighted by atomic mass is 14.6. The Morgan fingerprint density at radius 3 is 2.32 bits per heavy atom. The fraction of sp³-hybridized carbons (Fsp3) is 0.0556. The average Bonchev–Trinajstić information content (AvgIpc) is 2.86. The Bertz CT molecular complexity index is 745. The third-order valence-electron chi connectivity index (χ3n) is 3.81. The van der Waals surface area contributed by atoms with Gasteiger partial charge in [0.1, 0.15) is 0 Å². The minimum absolute atomic E-state index is 1.05. The van der Waals surface area contributed by atoms with Gasteiger partial charge in [0.05, 0.1) is 0 Å². The van der Waals surface area contributed by atoms with Gasteiger partial charge in [-0.2, -0.15) is 0 Å². The fourth-order valence-electron chi connectivity index (χ4n) is 2.96. The highest BCUT2D eigenvalue weighted by Crippen LogP contribution is 2.42. The number of aromatic nitrogens is 1. The Kier molecular flexibility index (Phi) is 2.25. The van der Waals surface area contributed by atoms with Crippen LogP contribution in [0.15, 0.2) is 67.0 Å².